The molecule has 3 fully saturated rings. The number of carboxylic acids is 1. The molecule has 2 aromatic heterocycles. The number of nitrogens with zero attached hydrogens (tertiary/aromatic N) is 5. The highest BCUT2D eigenvalue weighted by atomic mass is 16.4. The third-order valence-corrected chi connectivity index (χ3v) is 9.03. The number of benzene rings is 1. The van der Waals surface area contributed by atoms with E-state index in [0.717, 1.165) is 37.8 Å². The number of hydrogen-bond donors (Lipinski definition) is 3. The molecular formula is C31H34N6O5. The monoisotopic (exact) mass is 570 g/mol. The summed E-state index contributed by atoms with van der Waals surface area (Å²) in [6.07, 6.45) is 9.82. The number of aliphatic hydroxyl groups is 1. The Kier molecular flexibility index (Phi) is 7.70. The van der Waals surface area contributed by atoms with Crippen molar-refractivity contribution in [3.05, 3.63) is 77.9 Å². The van der Waals surface area contributed by atoms with E-state index in [9.17, 15) is 19.5 Å². The van der Waals surface area contributed by atoms with Crippen LogP contribution >= 0.6 is 0 Å². The summed E-state index contributed by atoms with van der Waals surface area (Å²) in [5.74, 6) is -1.10. The second kappa shape index (κ2) is 11.6. The van der Waals surface area contributed by atoms with Crippen molar-refractivity contribution in [1.82, 2.24) is 30.1 Å². The molecule has 2 atom stereocenters. The lowest BCUT2D eigenvalue weighted by Gasteiger charge is -2.41. The predicted octanol–water partition coefficient (Wildman–Crippen LogP) is 2.47. The molecule has 2 unspecified atom stereocenters. The van der Waals surface area contributed by atoms with Crippen LogP contribution in [0.5, 0.6) is 0 Å². The normalized spacial score (nSPS) is 25.6. The molecule has 0 spiro atoms. The van der Waals surface area contributed by atoms with Crippen LogP contribution in [0.2, 0.25) is 0 Å². The first kappa shape index (κ1) is 27.9. The number of amides is 2. The summed E-state index contributed by atoms with van der Waals surface area (Å²) < 4.78 is 0. The van der Waals surface area contributed by atoms with Crippen LogP contribution in [0.3, 0.4) is 0 Å². The van der Waals surface area contributed by atoms with Gasteiger partial charge < -0.3 is 20.4 Å². The van der Waals surface area contributed by atoms with Crippen LogP contribution in [-0.4, -0.2) is 90.5 Å². The van der Waals surface area contributed by atoms with Gasteiger partial charge in [0.15, 0.2) is 5.82 Å². The van der Waals surface area contributed by atoms with Gasteiger partial charge in [-0.25, -0.2) is 14.8 Å². The Morgan fingerprint density at radius 2 is 1.64 bits per heavy atom. The lowest BCUT2D eigenvalue weighted by atomic mass is 9.79. The third-order valence-electron chi connectivity index (χ3n) is 9.03. The molecule has 0 bridgehead atoms. The minimum Gasteiger partial charge on any atom is -0.478 e. The zero-order valence-electron chi connectivity index (χ0n) is 23.2. The molecule has 3 N–H and O–H groups in total. The predicted molar refractivity (Wildman–Crippen MR) is 152 cm³/mol. The smallest absolute Gasteiger partial charge is 0.335 e. The first-order valence-electron chi connectivity index (χ1n) is 14.5. The van der Waals surface area contributed by atoms with Gasteiger partial charge in [0.2, 0.25) is 5.91 Å². The Hall–Kier alpha value is -4.22. The van der Waals surface area contributed by atoms with E-state index in [1.54, 1.807) is 24.7 Å². The molecule has 3 aliphatic rings. The lowest BCUT2D eigenvalue weighted by Crippen LogP contribution is -2.47. The van der Waals surface area contributed by atoms with Gasteiger partial charge in [-0.05, 0) is 74.9 Å². The first-order chi connectivity index (χ1) is 20.3. The number of pyridine rings is 1. The van der Waals surface area contributed by atoms with Gasteiger partial charge in [-0.2, -0.15) is 0 Å². The fraction of sp³-hybridized carbons (Fsp3) is 0.419. The lowest BCUT2D eigenvalue weighted by molar-refractivity contribution is -0.130. The molecule has 42 heavy (non-hydrogen) atoms. The van der Waals surface area contributed by atoms with Crippen LogP contribution in [0.15, 0.2) is 61.1 Å². The van der Waals surface area contributed by atoms with Crippen LogP contribution in [0, 0.1) is 0 Å². The molecule has 2 aliphatic heterocycles. The Balaban J connectivity index is 1.02. The van der Waals surface area contributed by atoms with Gasteiger partial charge in [0.1, 0.15) is 5.60 Å². The van der Waals surface area contributed by atoms with E-state index >= 15 is 0 Å². The van der Waals surface area contributed by atoms with Crippen molar-refractivity contribution in [2.45, 2.75) is 62.3 Å². The number of carbonyl (C=O) groups excluding carboxylic acids is 2. The van der Waals surface area contributed by atoms with Gasteiger partial charge in [-0.1, -0.05) is 6.07 Å². The molecule has 0 radical (unpaired) electrons. The summed E-state index contributed by atoms with van der Waals surface area (Å²) in [6.45, 7) is 1.42. The van der Waals surface area contributed by atoms with Crippen molar-refractivity contribution in [3.63, 3.8) is 0 Å². The highest BCUT2D eigenvalue weighted by Crippen LogP contribution is 2.42. The zero-order chi connectivity index (χ0) is 29.3. The number of rotatable bonds is 7. The Labute approximate surface area is 243 Å². The van der Waals surface area contributed by atoms with Crippen LogP contribution in [0.4, 0.5) is 0 Å². The average Bonchev–Trinajstić information content (AvgIpc) is 3.64. The summed E-state index contributed by atoms with van der Waals surface area (Å²) in [5.41, 5.74) is 0.755. The van der Waals surface area contributed by atoms with E-state index in [0.29, 0.717) is 36.9 Å². The summed E-state index contributed by atoms with van der Waals surface area (Å²) in [5, 5.41) is 23.3. The van der Waals surface area contributed by atoms with E-state index in [-0.39, 0.29) is 35.7 Å². The van der Waals surface area contributed by atoms with Gasteiger partial charge in [0.05, 0.1) is 17.8 Å². The van der Waals surface area contributed by atoms with Gasteiger partial charge in [0.25, 0.3) is 5.91 Å². The summed E-state index contributed by atoms with van der Waals surface area (Å²) in [4.78, 5) is 54.4. The maximum Gasteiger partial charge on any atom is 0.335 e. The summed E-state index contributed by atoms with van der Waals surface area (Å²) >= 11 is 0. The number of hydrogen-bond acceptors (Lipinski definition) is 8. The van der Waals surface area contributed by atoms with Crippen LogP contribution in [0.25, 0.3) is 11.4 Å². The first-order valence-corrected chi connectivity index (χ1v) is 14.5. The number of likely N-dealkylation sites (tertiary alicyclic amines) is 2. The second-order valence-electron chi connectivity index (χ2n) is 11.4. The van der Waals surface area contributed by atoms with Crippen molar-refractivity contribution in [2.75, 3.05) is 19.6 Å². The SMILES string of the molecule is O=C(O)c1cccc(C(=O)NCC(=O)N2CCC3C2CCN3[C@H]2CC[C@@](O)(c3ccc(-c4ncccn4)cn3)CC2)c1. The number of nitrogens with one attached hydrogen (secondary N) is 1. The number of carboxylic acid groups (broad SMARTS) is 1. The standard InChI is InChI=1S/C31H34N6O5/c38-27(19-35-29(39)20-3-1-4-21(17-20)30(40)41)37-16-10-24-25(37)9-15-36(24)23-7-11-31(42,12-8-23)26-6-5-22(18-34-26)28-32-13-2-14-33-28/h1-6,13-14,17-18,23-25,42H,7-12,15-16,19H2,(H,35,39)(H,40,41)/t23-,24?,25?,31-. The second-order valence-corrected chi connectivity index (χ2v) is 11.4. The third kappa shape index (κ3) is 5.49. The van der Waals surface area contributed by atoms with E-state index in [4.69, 9.17) is 5.11 Å². The molecule has 2 amide bonds. The van der Waals surface area contributed by atoms with Gasteiger partial charge in [0, 0.05) is 60.9 Å². The molecule has 218 valence electrons. The zero-order valence-corrected chi connectivity index (χ0v) is 23.2. The van der Waals surface area contributed by atoms with E-state index in [1.807, 2.05) is 17.0 Å². The summed E-state index contributed by atoms with van der Waals surface area (Å²) in [6, 6.07) is 12.0. The number of aromatic nitrogens is 3. The topological polar surface area (TPSA) is 149 Å². The summed E-state index contributed by atoms with van der Waals surface area (Å²) in [7, 11) is 0. The molecule has 1 aliphatic carbocycles. The van der Waals surface area contributed by atoms with Crippen LogP contribution in [-0.2, 0) is 10.4 Å². The fourth-order valence-corrected chi connectivity index (χ4v) is 6.85. The molecule has 3 aromatic rings. The Morgan fingerprint density at radius 1 is 0.905 bits per heavy atom. The molecule has 2 saturated heterocycles. The average molecular weight is 571 g/mol. The molecule has 1 aromatic carbocycles. The minimum absolute atomic E-state index is 0.0240. The molecule has 11 nitrogen and oxygen atoms in total. The molecule has 1 saturated carbocycles. The Morgan fingerprint density at radius 3 is 2.36 bits per heavy atom. The van der Waals surface area contributed by atoms with Crippen molar-refractivity contribution in [2.24, 2.45) is 0 Å². The highest BCUT2D eigenvalue weighted by Gasteiger charge is 2.48. The van der Waals surface area contributed by atoms with Crippen LogP contribution in [0.1, 0.15) is 64.9 Å². The number of fused-ring (bicyclic) bond motifs is 1. The molecular weight excluding hydrogens is 536 g/mol. The minimum atomic E-state index is -1.11. The van der Waals surface area contributed by atoms with E-state index in [2.05, 4.69) is 25.2 Å². The van der Waals surface area contributed by atoms with Crippen molar-refractivity contribution in [1.29, 1.82) is 0 Å². The van der Waals surface area contributed by atoms with E-state index in [1.165, 1.54) is 24.3 Å². The van der Waals surface area contributed by atoms with Crippen LogP contribution < -0.4 is 5.32 Å². The molecule has 4 heterocycles. The Bertz CT molecular complexity index is 1460. The molecule has 11 heteroatoms. The van der Waals surface area contributed by atoms with Crippen molar-refractivity contribution in [3.8, 4) is 11.4 Å². The van der Waals surface area contributed by atoms with Gasteiger partial charge >= 0.3 is 5.97 Å². The van der Waals surface area contributed by atoms with E-state index < -0.39 is 17.5 Å². The van der Waals surface area contributed by atoms with Gasteiger partial charge in [-0.15, -0.1) is 0 Å². The highest BCUT2D eigenvalue weighted by molar-refractivity contribution is 5.99. The van der Waals surface area contributed by atoms with Crippen molar-refractivity contribution >= 4 is 17.8 Å². The number of carbonyl (C=O) groups is 3. The maximum absolute atomic E-state index is 13.1. The maximum atomic E-state index is 13.1. The van der Waals surface area contributed by atoms with Gasteiger partial charge in [-0.3, -0.25) is 19.5 Å². The fourth-order valence-electron chi connectivity index (χ4n) is 6.85. The largest absolute Gasteiger partial charge is 0.478 e. The van der Waals surface area contributed by atoms with Crippen molar-refractivity contribution < 1.29 is 24.6 Å². The quantitative estimate of drug-likeness (QED) is 0.389. The molecule has 6 rings (SSSR count). The number of aromatic carboxylic acids is 1.